The van der Waals surface area contributed by atoms with Crippen molar-refractivity contribution in [1.29, 1.82) is 0 Å². The van der Waals surface area contributed by atoms with Gasteiger partial charge in [-0.25, -0.2) is 4.79 Å². The number of nitrogens with zero attached hydrogens (tertiary/aromatic N) is 1. The normalized spacial score (nSPS) is 17.8. The zero-order chi connectivity index (χ0) is 28.0. The van der Waals surface area contributed by atoms with Crippen molar-refractivity contribution in [3.05, 3.63) is 102 Å². The number of benzene rings is 3. The number of rotatable bonds is 10. The molecule has 3 aromatic rings. The fourth-order valence-electron chi connectivity index (χ4n) is 4.53. The van der Waals surface area contributed by atoms with E-state index in [1.165, 1.54) is 12.1 Å². The maximum absolute atomic E-state index is 13.1. The average molecular weight is 542 g/mol. The summed E-state index contributed by atoms with van der Waals surface area (Å²) in [7, 11) is 0. The summed E-state index contributed by atoms with van der Waals surface area (Å²) in [5.74, 6) is -0.609. The second-order valence-electron chi connectivity index (χ2n) is 9.58. The van der Waals surface area contributed by atoms with E-state index in [9.17, 15) is 27.9 Å². The maximum Gasteiger partial charge on any atom is 0.416 e. The summed E-state index contributed by atoms with van der Waals surface area (Å²) in [4.78, 5) is 26.6. The maximum atomic E-state index is 13.1. The lowest BCUT2D eigenvalue weighted by Gasteiger charge is -2.26. The van der Waals surface area contributed by atoms with Gasteiger partial charge >= 0.3 is 12.3 Å². The summed E-state index contributed by atoms with van der Waals surface area (Å²) in [6, 6.07) is 22.0. The number of halogens is 3. The van der Waals surface area contributed by atoms with Crippen LogP contribution in [0.15, 0.2) is 84.9 Å². The van der Waals surface area contributed by atoms with E-state index < -0.39 is 48.0 Å². The van der Waals surface area contributed by atoms with Crippen molar-refractivity contribution in [3.8, 4) is 0 Å². The molecule has 0 unspecified atom stereocenters. The van der Waals surface area contributed by atoms with Crippen molar-refractivity contribution >= 4 is 17.7 Å². The van der Waals surface area contributed by atoms with Crippen molar-refractivity contribution in [2.24, 2.45) is 5.73 Å². The summed E-state index contributed by atoms with van der Waals surface area (Å²) in [5, 5.41) is 13.7. The molecular formula is C29H30F3N3O4. The number of hydrogen-bond donors (Lipinski definition) is 3. The minimum absolute atomic E-state index is 0.0201. The van der Waals surface area contributed by atoms with E-state index >= 15 is 0 Å². The Morgan fingerprint density at radius 2 is 1.62 bits per heavy atom. The van der Waals surface area contributed by atoms with Gasteiger partial charge in [0.05, 0.1) is 18.2 Å². The fourth-order valence-corrected chi connectivity index (χ4v) is 4.53. The summed E-state index contributed by atoms with van der Waals surface area (Å²) >= 11 is 0. The second kappa shape index (κ2) is 12.3. The van der Waals surface area contributed by atoms with Crippen LogP contribution in [0, 0.1) is 0 Å². The Bertz CT molecular complexity index is 1260. The Balaban J connectivity index is 1.43. The predicted octanol–water partition coefficient (Wildman–Crippen LogP) is 4.08. The number of nitrogens with one attached hydrogen (secondary N) is 1. The van der Waals surface area contributed by atoms with Gasteiger partial charge in [-0.1, -0.05) is 66.7 Å². The van der Waals surface area contributed by atoms with Crippen molar-refractivity contribution in [3.63, 3.8) is 0 Å². The monoisotopic (exact) mass is 541 g/mol. The van der Waals surface area contributed by atoms with Crippen molar-refractivity contribution < 1.29 is 32.6 Å². The van der Waals surface area contributed by atoms with Gasteiger partial charge in [0.15, 0.2) is 6.10 Å². The average Bonchev–Trinajstić information content (AvgIpc) is 3.31. The lowest BCUT2D eigenvalue weighted by atomic mass is 9.94. The highest BCUT2D eigenvalue weighted by Gasteiger charge is 2.39. The van der Waals surface area contributed by atoms with Crippen LogP contribution in [-0.4, -0.2) is 47.9 Å². The molecule has 0 aromatic heterocycles. The molecule has 3 aromatic carbocycles. The molecular weight excluding hydrogens is 511 g/mol. The van der Waals surface area contributed by atoms with E-state index in [-0.39, 0.29) is 18.7 Å². The standard InChI is InChI=1S/C29H30F3N3O4/c30-29(31,32)21-12-7-13-23(16-21)35-18-26(39-28(35)38)27(37)34-22(14-19-8-3-1-4-9-19)17-25(36)24(33)15-20-10-5-2-6-11-20/h1-13,16,22,24-26,36H,14-15,17-18,33H2,(H,34,37)/t22-,24-,25-,26-/m0/s1. The highest BCUT2D eigenvalue weighted by molar-refractivity contribution is 5.95. The molecule has 0 aliphatic carbocycles. The molecule has 1 heterocycles. The van der Waals surface area contributed by atoms with E-state index in [1.807, 2.05) is 60.7 Å². The van der Waals surface area contributed by atoms with E-state index in [1.54, 1.807) is 0 Å². The van der Waals surface area contributed by atoms with Crippen LogP contribution in [0.4, 0.5) is 23.7 Å². The highest BCUT2D eigenvalue weighted by atomic mass is 19.4. The smallest absolute Gasteiger partial charge is 0.416 e. The van der Waals surface area contributed by atoms with E-state index in [0.717, 1.165) is 28.2 Å². The number of alkyl halides is 3. The molecule has 39 heavy (non-hydrogen) atoms. The molecule has 0 saturated carbocycles. The third-order valence-electron chi connectivity index (χ3n) is 6.60. The van der Waals surface area contributed by atoms with Gasteiger partial charge < -0.3 is 20.9 Å². The summed E-state index contributed by atoms with van der Waals surface area (Å²) in [6.07, 6.45) is -6.69. The highest BCUT2D eigenvalue weighted by Crippen LogP contribution is 2.32. The number of aliphatic hydroxyl groups is 1. The molecule has 206 valence electrons. The van der Waals surface area contributed by atoms with Crippen LogP contribution in [0.1, 0.15) is 23.1 Å². The van der Waals surface area contributed by atoms with Gasteiger partial charge in [-0.05, 0) is 48.6 Å². The minimum Gasteiger partial charge on any atom is -0.434 e. The molecule has 4 atom stereocenters. The largest absolute Gasteiger partial charge is 0.434 e. The molecule has 7 nitrogen and oxygen atoms in total. The zero-order valence-electron chi connectivity index (χ0n) is 21.1. The van der Waals surface area contributed by atoms with Gasteiger partial charge in [-0.15, -0.1) is 0 Å². The number of anilines is 1. The van der Waals surface area contributed by atoms with E-state index in [0.29, 0.717) is 12.8 Å². The minimum atomic E-state index is -4.58. The number of nitrogens with two attached hydrogens (primary N) is 1. The Morgan fingerprint density at radius 3 is 2.23 bits per heavy atom. The van der Waals surface area contributed by atoms with Gasteiger partial charge in [-0.2, -0.15) is 13.2 Å². The summed E-state index contributed by atoms with van der Waals surface area (Å²) in [6.45, 7) is -0.250. The van der Waals surface area contributed by atoms with Crippen LogP contribution in [0.3, 0.4) is 0 Å². The van der Waals surface area contributed by atoms with E-state index in [4.69, 9.17) is 10.5 Å². The Kier molecular flexibility index (Phi) is 8.88. The number of cyclic esters (lactones) is 1. The molecule has 10 heteroatoms. The lowest BCUT2D eigenvalue weighted by molar-refractivity contribution is -0.137. The van der Waals surface area contributed by atoms with Gasteiger partial charge in [0.2, 0.25) is 0 Å². The molecule has 1 saturated heterocycles. The Morgan fingerprint density at radius 1 is 1.00 bits per heavy atom. The molecule has 4 N–H and O–H groups in total. The number of carbonyl (C=O) groups excluding carboxylic acids is 2. The van der Waals surface area contributed by atoms with Crippen LogP contribution in [0.5, 0.6) is 0 Å². The first-order valence-corrected chi connectivity index (χ1v) is 12.6. The van der Waals surface area contributed by atoms with Gasteiger partial charge in [0.25, 0.3) is 5.91 Å². The molecule has 0 spiro atoms. The fraction of sp³-hybridized carbons (Fsp3) is 0.310. The number of aliphatic hydroxyl groups excluding tert-OH is 1. The first kappa shape index (κ1) is 28.1. The van der Waals surface area contributed by atoms with Gasteiger partial charge in [0.1, 0.15) is 0 Å². The second-order valence-corrected chi connectivity index (χ2v) is 9.58. The van der Waals surface area contributed by atoms with Gasteiger partial charge in [0, 0.05) is 17.8 Å². The molecule has 1 aliphatic heterocycles. The quantitative estimate of drug-likeness (QED) is 0.359. The third kappa shape index (κ3) is 7.58. The topological polar surface area (TPSA) is 105 Å². The van der Waals surface area contributed by atoms with Crippen molar-refractivity contribution in [2.45, 2.75) is 49.7 Å². The van der Waals surface area contributed by atoms with Crippen LogP contribution in [0.2, 0.25) is 0 Å². The Hall–Kier alpha value is -3.89. The first-order chi connectivity index (χ1) is 18.6. The molecule has 0 bridgehead atoms. The number of carbonyl (C=O) groups is 2. The molecule has 0 radical (unpaired) electrons. The zero-order valence-corrected chi connectivity index (χ0v) is 21.1. The number of hydrogen-bond acceptors (Lipinski definition) is 5. The van der Waals surface area contributed by atoms with Crippen molar-refractivity contribution in [1.82, 2.24) is 5.32 Å². The number of ether oxygens (including phenoxy) is 1. The van der Waals surface area contributed by atoms with E-state index in [2.05, 4.69) is 5.32 Å². The lowest BCUT2D eigenvalue weighted by Crippen LogP contribution is -2.48. The SMILES string of the molecule is N[C@@H](Cc1ccccc1)[C@@H](O)C[C@H](Cc1ccccc1)NC(=O)[C@@H]1CN(c2cccc(C(F)(F)F)c2)C(=O)O1. The van der Waals surface area contributed by atoms with Gasteiger partial charge in [-0.3, -0.25) is 9.69 Å². The van der Waals surface area contributed by atoms with Crippen molar-refractivity contribution in [2.75, 3.05) is 11.4 Å². The van der Waals surface area contributed by atoms with Crippen LogP contribution >= 0.6 is 0 Å². The Labute approximate surface area is 224 Å². The summed E-state index contributed by atoms with van der Waals surface area (Å²) in [5.41, 5.74) is 7.23. The van der Waals surface area contributed by atoms with Crippen LogP contribution < -0.4 is 16.0 Å². The first-order valence-electron chi connectivity index (χ1n) is 12.6. The van der Waals surface area contributed by atoms with Crippen LogP contribution in [-0.2, 0) is 28.5 Å². The van der Waals surface area contributed by atoms with Crippen LogP contribution in [0.25, 0.3) is 0 Å². The molecule has 1 fully saturated rings. The number of amides is 2. The predicted molar refractivity (Wildman–Crippen MR) is 140 cm³/mol. The molecule has 2 amide bonds. The summed E-state index contributed by atoms with van der Waals surface area (Å²) < 4.78 is 44.6. The third-order valence-corrected chi connectivity index (χ3v) is 6.60. The molecule has 1 aliphatic rings. The molecule has 4 rings (SSSR count).